The van der Waals surface area contributed by atoms with Gasteiger partial charge in [0.1, 0.15) is 12.0 Å². The molecular formula is C20H26N7O2+. The van der Waals surface area contributed by atoms with E-state index in [-0.39, 0.29) is 5.91 Å². The highest BCUT2D eigenvalue weighted by Crippen LogP contribution is 2.10. The Hall–Kier alpha value is -3.04. The number of hydrogen-bond acceptors (Lipinski definition) is 5. The first kappa shape index (κ1) is 19.3. The van der Waals surface area contributed by atoms with Gasteiger partial charge in [-0.2, -0.15) is 0 Å². The van der Waals surface area contributed by atoms with Gasteiger partial charge in [-0.1, -0.05) is 0 Å². The summed E-state index contributed by atoms with van der Waals surface area (Å²) in [6, 6.07) is 5.55. The number of rotatable bonds is 7. The summed E-state index contributed by atoms with van der Waals surface area (Å²) < 4.78 is 9.15. The molecule has 1 aliphatic heterocycles. The van der Waals surface area contributed by atoms with Crippen LogP contribution in [0.25, 0.3) is 5.82 Å². The van der Waals surface area contributed by atoms with Gasteiger partial charge in [0.15, 0.2) is 6.20 Å². The van der Waals surface area contributed by atoms with Crippen molar-refractivity contribution in [1.29, 1.82) is 0 Å². The number of imidazole rings is 1. The molecule has 9 nitrogen and oxygen atoms in total. The van der Waals surface area contributed by atoms with Crippen molar-refractivity contribution in [3.63, 3.8) is 0 Å². The van der Waals surface area contributed by atoms with Crippen LogP contribution in [-0.2, 0) is 18.3 Å². The van der Waals surface area contributed by atoms with E-state index in [4.69, 9.17) is 4.74 Å². The summed E-state index contributed by atoms with van der Waals surface area (Å²) in [7, 11) is 1.94. The summed E-state index contributed by atoms with van der Waals surface area (Å²) in [5, 5.41) is 3.05. The average molecular weight is 396 g/mol. The molecule has 3 aromatic heterocycles. The van der Waals surface area contributed by atoms with Crippen molar-refractivity contribution < 1.29 is 14.2 Å². The Bertz CT molecular complexity index is 915. The molecular weight excluding hydrogens is 370 g/mol. The van der Waals surface area contributed by atoms with Crippen LogP contribution in [0.4, 0.5) is 0 Å². The molecule has 1 fully saturated rings. The molecule has 1 saturated heterocycles. The maximum absolute atomic E-state index is 13.2. The number of aromatic amines is 1. The van der Waals surface area contributed by atoms with E-state index in [0.717, 1.165) is 44.5 Å². The molecule has 9 heteroatoms. The Morgan fingerprint density at radius 1 is 1.31 bits per heavy atom. The van der Waals surface area contributed by atoms with Crippen molar-refractivity contribution in [2.24, 2.45) is 7.05 Å². The Kier molecular flexibility index (Phi) is 5.97. The molecule has 1 aliphatic rings. The molecule has 1 N–H and O–H groups in total. The quantitative estimate of drug-likeness (QED) is 0.585. The Labute approximate surface area is 169 Å². The second-order valence-electron chi connectivity index (χ2n) is 7.05. The van der Waals surface area contributed by atoms with E-state index >= 15 is 0 Å². The van der Waals surface area contributed by atoms with E-state index in [1.807, 2.05) is 53.3 Å². The predicted octanol–water partition coefficient (Wildman–Crippen LogP) is 0.395. The fraction of sp³-hybridized carbons (Fsp3) is 0.400. The van der Waals surface area contributed by atoms with Gasteiger partial charge in [-0.15, -0.1) is 4.68 Å². The lowest BCUT2D eigenvalue weighted by Gasteiger charge is -2.30. The van der Waals surface area contributed by atoms with Gasteiger partial charge < -0.3 is 14.2 Å². The normalized spacial score (nSPS) is 14.8. The molecule has 4 heterocycles. The number of carbonyl (C=O) groups is 1. The lowest BCUT2D eigenvalue weighted by molar-refractivity contribution is -0.658. The second kappa shape index (κ2) is 8.97. The van der Waals surface area contributed by atoms with Gasteiger partial charge in [-0.25, -0.2) is 10.1 Å². The summed E-state index contributed by atoms with van der Waals surface area (Å²) in [5.41, 5.74) is 0.567. The molecule has 4 rings (SSSR count). The van der Waals surface area contributed by atoms with Crippen molar-refractivity contribution in [2.45, 2.75) is 6.54 Å². The summed E-state index contributed by atoms with van der Waals surface area (Å²) in [6.07, 6.45) is 8.97. The minimum atomic E-state index is -0.0446. The highest BCUT2D eigenvalue weighted by atomic mass is 16.5. The third-order valence-corrected chi connectivity index (χ3v) is 5.12. The number of morpholine rings is 1. The molecule has 0 saturated carbocycles. The number of hydrogen-bond donors (Lipinski definition) is 1. The zero-order valence-electron chi connectivity index (χ0n) is 16.6. The highest BCUT2D eigenvalue weighted by Gasteiger charge is 2.22. The molecule has 3 aromatic rings. The lowest BCUT2D eigenvalue weighted by Crippen LogP contribution is -2.43. The number of pyridine rings is 1. The van der Waals surface area contributed by atoms with E-state index in [2.05, 4.69) is 20.0 Å². The molecule has 0 spiro atoms. The van der Waals surface area contributed by atoms with Gasteiger partial charge in [0, 0.05) is 57.9 Å². The summed E-state index contributed by atoms with van der Waals surface area (Å²) in [4.78, 5) is 26.2. The smallest absolute Gasteiger partial charge is 0.346 e. The SMILES string of the molecule is Cn1ccnc1CN(CCN1CCOCC1)C(=O)c1ccc(-[n+]2ccc[nH]2)nc1. The van der Waals surface area contributed by atoms with Gasteiger partial charge >= 0.3 is 5.82 Å². The van der Waals surface area contributed by atoms with Crippen molar-refractivity contribution in [1.82, 2.24) is 29.4 Å². The Morgan fingerprint density at radius 2 is 2.17 bits per heavy atom. The molecule has 0 unspecified atom stereocenters. The van der Waals surface area contributed by atoms with Gasteiger partial charge in [0.05, 0.1) is 25.3 Å². The summed E-state index contributed by atoms with van der Waals surface area (Å²) in [5.74, 6) is 1.54. The monoisotopic (exact) mass is 396 g/mol. The van der Waals surface area contributed by atoms with E-state index in [1.54, 1.807) is 17.1 Å². The fourth-order valence-corrected chi connectivity index (χ4v) is 3.33. The molecule has 0 bridgehead atoms. The molecule has 0 aromatic carbocycles. The van der Waals surface area contributed by atoms with E-state index < -0.39 is 0 Å². The standard InChI is InChI=1S/C20H25N7O2/c1-24-8-6-21-19(24)16-26(10-9-25-11-13-29-14-12-25)20(28)17-3-4-18(22-15-17)27-7-2-5-23-27/h2-8,15H,9-14,16H2,1H3/p+1. The zero-order chi connectivity index (χ0) is 20.1. The van der Waals surface area contributed by atoms with Crippen LogP contribution in [0.1, 0.15) is 16.2 Å². The van der Waals surface area contributed by atoms with Crippen LogP contribution in [0.3, 0.4) is 0 Å². The van der Waals surface area contributed by atoms with Crippen LogP contribution in [0.5, 0.6) is 0 Å². The van der Waals surface area contributed by atoms with E-state index in [1.165, 1.54) is 0 Å². The van der Waals surface area contributed by atoms with Crippen LogP contribution < -0.4 is 4.68 Å². The van der Waals surface area contributed by atoms with E-state index in [9.17, 15) is 4.79 Å². The second-order valence-corrected chi connectivity index (χ2v) is 7.05. The number of nitrogens with one attached hydrogen (secondary N) is 1. The van der Waals surface area contributed by atoms with Gasteiger partial charge in [-0.3, -0.25) is 9.69 Å². The predicted molar refractivity (Wildman–Crippen MR) is 105 cm³/mol. The number of aryl methyl sites for hydroxylation is 1. The minimum Gasteiger partial charge on any atom is -0.379 e. The highest BCUT2D eigenvalue weighted by molar-refractivity contribution is 5.93. The van der Waals surface area contributed by atoms with Crippen LogP contribution in [0, 0.1) is 0 Å². The first-order valence-electron chi connectivity index (χ1n) is 9.78. The van der Waals surface area contributed by atoms with Crippen molar-refractivity contribution in [3.8, 4) is 5.82 Å². The number of nitrogens with zero attached hydrogens (tertiary/aromatic N) is 6. The molecule has 0 radical (unpaired) electrons. The third kappa shape index (κ3) is 4.69. The molecule has 152 valence electrons. The van der Waals surface area contributed by atoms with Crippen LogP contribution >= 0.6 is 0 Å². The Morgan fingerprint density at radius 3 is 2.83 bits per heavy atom. The van der Waals surface area contributed by atoms with Crippen LogP contribution in [0.2, 0.25) is 0 Å². The third-order valence-electron chi connectivity index (χ3n) is 5.12. The molecule has 0 atom stereocenters. The first-order chi connectivity index (χ1) is 14.2. The molecule has 0 aliphatic carbocycles. The maximum Gasteiger partial charge on any atom is 0.346 e. The number of H-pyrrole nitrogens is 1. The fourth-order valence-electron chi connectivity index (χ4n) is 3.33. The van der Waals surface area contributed by atoms with Crippen molar-refractivity contribution in [3.05, 3.63) is 60.6 Å². The zero-order valence-corrected chi connectivity index (χ0v) is 16.6. The largest absolute Gasteiger partial charge is 0.379 e. The van der Waals surface area contributed by atoms with E-state index in [0.29, 0.717) is 18.7 Å². The molecule has 29 heavy (non-hydrogen) atoms. The van der Waals surface area contributed by atoms with Crippen LogP contribution in [0.15, 0.2) is 49.2 Å². The first-order valence-corrected chi connectivity index (χ1v) is 9.78. The van der Waals surface area contributed by atoms with Crippen molar-refractivity contribution >= 4 is 5.91 Å². The van der Waals surface area contributed by atoms with Crippen LogP contribution in [-0.4, -0.2) is 74.7 Å². The van der Waals surface area contributed by atoms with Gasteiger partial charge in [0.2, 0.25) is 0 Å². The maximum atomic E-state index is 13.2. The number of aromatic nitrogens is 5. The minimum absolute atomic E-state index is 0.0446. The Balaban J connectivity index is 1.49. The number of amides is 1. The topological polar surface area (TPSA) is 83.2 Å². The lowest BCUT2D eigenvalue weighted by atomic mass is 10.2. The molecule has 1 amide bonds. The summed E-state index contributed by atoms with van der Waals surface area (Å²) >= 11 is 0. The van der Waals surface area contributed by atoms with Gasteiger partial charge in [0.25, 0.3) is 5.91 Å². The van der Waals surface area contributed by atoms with Gasteiger partial charge in [-0.05, 0) is 17.1 Å². The van der Waals surface area contributed by atoms with Crippen molar-refractivity contribution in [2.75, 3.05) is 39.4 Å². The average Bonchev–Trinajstić information content (AvgIpc) is 3.44. The number of ether oxygens (including phenoxy) is 1. The number of carbonyl (C=O) groups excluding carboxylic acids is 1. The summed E-state index contributed by atoms with van der Waals surface area (Å²) in [6.45, 7) is 5.17.